The van der Waals surface area contributed by atoms with Crippen LogP contribution in [-0.4, -0.2) is 13.4 Å². The van der Waals surface area contributed by atoms with Crippen LogP contribution in [0.1, 0.15) is 0 Å². The summed E-state index contributed by atoms with van der Waals surface area (Å²) in [4.78, 5) is 3.02. The Balaban J connectivity index is 2.36. The van der Waals surface area contributed by atoms with Crippen LogP contribution >= 0.6 is 0 Å². The summed E-state index contributed by atoms with van der Waals surface area (Å²) < 4.78 is 52.1. The van der Waals surface area contributed by atoms with Gasteiger partial charge >= 0.3 is 0 Å². The molecule has 0 saturated heterocycles. The summed E-state index contributed by atoms with van der Waals surface area (Å²) in [6, 6.07) is 4.27. The molecule has 1 heterocycles. The zero-order valence-electron chi connectivity index (χ0n) is 9.47. The maximum Gasteiger partial charge on any atom is 0.263 e. The van der Waals surface area contributed by atoms with Crippen LogP contribution in [0, 0.1) is 11.6 Å². The molecule has 0 aliphatic heterocycles. The molecule has 0 radical (unpaired) electrons. The van der Waals surface area contributed by atoms with Crippen LogP contribution in [0.3, 0.4) is 0 Å². The number of hydrogen-bond donors (Lipinski definition) is 2. The lowest BCUT2D eigenvalue weighted by atomic mass is 10.3. The van der Waals surface area contributed by atoms with Crippen LogP contribution in [0.15, 0.2) is 41.6 Å². The summed E-state index contributed by atoms with van der Waals surface area (Å²) >= 11 is 0. The Bertz CT molecular complexity index is 720. The summed E-state index contributed by atoms with van der Waals surface area (Å²) in [6.45, 7) is 0. The van der Waals surface area contributed by atoms with Crippen molar-refractivity contribution >= 4 is 21.4 Å². The summed E-state index contributed by atoms with van der Waals surface area (Å²) in [5.74, 6) is -1.63. The van der Waals surface area contributed by atoms with E-state index in [0.29, 0.717) is 0 Å². The Labute approximate surface area is 108 Å². The van der Waals surface area contributed by atoms with Crippen LogP contribution in [0.5, 0.6) is 0 Å². The van der Waals surface area contributed by atoms with Crippen LogP contribution in [0.4, 0.5) is 20.2 Å². The number of rotatable bonds is 3. The van der Waals surface area contributed by atoms with Gasteiger partial charge in [0.25, 0.3) is 10.0 Å². The second-order valence-electron chi connectivity index (χ2n) is 3.68. The molecule has 8 heteroatoms. The predicted molar refractivity (Wildman–Crippen MR) is 65.8 cm³/mol. The number of halogens is 2. The number of pyridine rings is 1. The molecule has 5 nitrogen and oxygen atoms in total. The fourth-order valence-electron chi connectivity index (χ4n) is 1.36. The SMILES string of the molecule is Nc1ccc(NS(=O)(=O)c2cncc(F)c2)c(F)c1. The minimum atomic E-state index is -4.10. The lowest BCUT2D eigenvalue weighted by Crippen LogP contribution is -2.14. The van der Waals surface area contributed by atoms with E-state index in [9.17, 15) is 17.2 Å². The van der Waals surface area contributed by atoms with E-state index in [1.165, 1.54) is 12.1 Å². The third kappa shape index (κ3) is 2.97. The molecule has 0 spiro atoms. The van der Waals surface area contributed by atoms with Gasteiger partial charge in [0.05, 0.1) is 11.9 Å². The maximum absolute atomic E-state index is 13.5. The highest BCUT2D eigenvalue weighted by molar-refractivity contribution is 7.92. The first-order chi connectivity index (χ1) is 8.88. The molecule has 0 saturated carbocycles. The smallest absolute Gasteiger partial charge is 0.263 e. The van der Waals surface area contributed by atoms with Crippen molar-refractivity contribution in [1.29, 1.82) is 0 Å². The number of aromatic nitrogens is 1. The van der Waals surface area contributed by atoms with Crippen LogP contribution < -0.4 is 10.5 Å². The van der Waals surface area contributed by atoms with E-state index in [4.69, 9.17) is 5.73 Å². The number of anilines is 2. The largest absolute Gasteiger partial charge is 0.399 e. The second-order valence-corrected chi connectivity index (χ2v) is 5.37. The van der Waals surface area contributed by atoms with E-state index in [-0.39, 0.29) is 11.4 Å². The van der Waals surface area contributed by atoms with Gasteiger partial charge in [-0.05, 0) is 24.3 Å². The number of benzene rings is 1. The molecule has 1 aromatic heterocycles. The van der Waals surface area contributed by atoms with Crippen molar-refractivity contribution in [2.75, 3.05) is 10.5 Å². The van der Waals surface area contributed by atoms with E-state index in [1.54, 1.807) is 0 Å². The van der Waals surface area contributed by atoms with Gasteiger partial charge < -0.3 is 5.73 Å². The Morgan fingerprint density at radius 3 is 2.53 bits per heavy atom. The Morgan fingerprint density at radius 1 is 1.16 bits per heavy atom. The summed E-state index contributed by atoms with van der Waals surface area (Å²) in [5.41, 5.74) is 5.23. The Hall–Kier alpha value is -2.22. The van der Waals surface area contributed by atoms with Crippen LogP contribution in [0.25, 0.3) is 0 Å². The highest BCUT2D eigenvalue weighted by Crippen LogP contribution is 2.20. The molecule has 2 aromatic rings. The van der Waals surface area contributed by atoms with Crippen LogP contribution in [-0.2, 0) is 10.0 Å². The number of nitrogens with zero attached hydrogens (tertiary/aromatic N) is 1. The molecule has 100 valence electrons. The van der Waals surface area contributed by atoms with Gasteiger partial charge in [0.15, 0.2) is 0 Å². The standard InChI is InChI=1S/C11H9F2N3O2S/c12-7-3-9(6-15-5-7)19(17,18)16-11-2-1-8(14)4-10(11)13/h1-6,16H,14H2. The van der Waals surface area contributed by atoms with Crippen molar-refractivity contribution in [3.8, 4) is 0 Å². The van der Waals surface area contributed by atoms with Gasteiger partial charge in [-0.1, -0.05) is 0 Å². The third-order valence-electron chi connectivity index (χ3n) is 2.23. The minimum absolute atomic E-state index is 0.160. The molecule has 0 amide bonds. The topological polar surface area (TPSA) is 85.1 Å². The number of hydrogen-bond acceptors (Lipinski definition) is 4. The average Bonchev–Trinajstić information content (AvgIpc) is 2.33. The van der Waals surface area contributed by atoms with Crippen LogP contribution in [0.2, 0.25) is 0 Å². The van der Waals surface area contributed by atoms with Gasteiger partial charge in [-0.25, -0.2) is 17.2 Å². The van der Waals surface area contributed by atoms with Gasteiger partial charge in [-0.2, -0.15) is 0 Å². The minimum Gasteiger partial charge on any atom is -0.399 e. The van der Waals surface area contributed by atoms with E-state index in [1.807, 2.05) is 4.72 Å². The van der Waals surface area contributed by atoms with Crippen molar-refractivity contribution < 1.29 is 17.2 Å². The molecule has 0 bridgehead atoms. The molecule has 19 heavy (non-hydrogen) atoms. The van der Waals surface area contributed by atoms with Crippen molar-refractivity contribution in [1.82, 2.24) is 4.98 Å². The quantitative estimate of drug-likeness (QED) is 0.841. The maximum atomic E-state index is 13.5. The van der Waals surface area contributed by atoms with Gasteiger partial charge in [0, 0.05) is 11.9 Å². The zero-order chi connectivity index (χ0) is 14.0. The Kier molecular flexibility index (Phi) is 3.34. The molecule has 1 aromatic carbocycles. The molecule has 0 fully saturated rings. The van der Waals surface area contributed by atoms with E-state index in [0.717, 1.165) is 24.5 Å². The van der Waals surface area contributed by atoms with E-state index in [2.05, 4.69) is 4.98 Å². The second kappa shape index (κ2) is 4.81. The fourth-order valence-corrected chi connectivity index (χ4v) is 2.40. The molecular weight excluding hydrogens is 276 g/mol. The fraction of sp³-hybridized carbons (Fsp3) is 0. The molecule has 0 unspecified atom stereocenters. The molecule has 0 aliphatic rings. The molecule has 0 atom stereocenters. The third-order valence-corrected chi connectivity index (χ3v) is 3.56. The highest BCUT2D eigenvalue weighted by Gasteiger charge is 2.17. The predicted octanol–water partition coefficient (Wildman–Crippen LogP) is 1.74. The van der Waals surface area contributed by atoms with Gasteiger partial charge in [0.2, 0.25) is 0 Å². The summed E-state index contributed by atoms with van der Waals surface area (Å²) in [7, 11) is -4.10. The van der Waals surface area contributed by atoms with Gasteiger partial charge in [0.1, 0.15) is 16.5 Å². The monoisotopic (exact) mass is 285 g/mol. The molecule has 0 aliphatic carbocycles. The number of nitrogens with two attached hydrogens (primary N) is 1. The van der Waals surface area contributed by atoms with Gasteiger partial charge in [-0.3, -0.25) is 9.71 Å². The van der Waals surface area contributed by atoms with Crippen molar-refractivity contribution in [3.05, 3.63) is 48.3 Å². The first kappa shape index (κ1) is 13.2. The molecule has 2 rings (SSSR count). The van der Waals surface area contributed by atoms with Crippen molar-refractivity contribution in [2.24, 2.45) is 0 Å². The summed E-state index contributed by atoms with van der Waals surface area (Å²) in [5, 5.41) is 0. The molecule has 3 N–H and O–H groups in total. The number of nitrogen functional groups attached to an aromatic ring is 1. The van der Waals surface area contributed by atoms with E-state index < -0.39 is 26.6 Å². The highest BCUT2D eigenvalue weighted by atomic mass is 32.2. The zero-order valence-corrected chi connectivity index (χ0v) is 10.3. The lowest BCUT2D eigenvalue weighted by Gasteiger charge is -2.09. The first-order valence-electron chi connectivity index (χ1n) is 5.07. The normalized spacial score (nSPS) is 11.3. The van der Waals surface area contributed by atoms with Gasteiger partial charge in [-0.15, -0.1) is 0 Å². The Morgan fingerprint density at radius 2 is 1.89 bits per heavy atom. The number of sulfonamides is 1. The first-order valence-corrected chi connectivity index (χ1v) is 6.55. The molecular formula is C11H9F2N3O2S. The summed E-state index contributed by atoms with van der Waals surface area (Å²) in [6.07, 6.45) is 1.82. The van der Waals surface area contributed by atoms with Crippen molar-refractivity contribution in [2.45, 2.75) is 4.90 Å². The number of nitrogens with one attached hydrogen (secondary N) is 1. The lowest BCUT2D eigenvalue weighted by molar-refractivity contribution is 0.590. The van der Waals surface area contributed by atoms with Crippen molar-refractivity contribution in [3.63, 3.8) is 0 Å². The van der Waals surface area contributed by atoms with E-state index >= 15 is 0 Å². The average molecular weight is 285 g/mol.